The zero-order valence-electron chi connectivity index (χ0n) is 5.79. The van der Waals surface area contributed by atoms with Gasteiger partial charge in [-0.3, -0.25) is 4.79 Å². The van der Waals surface area contributed by atoms with Crippen molar-refractivity contribution < 1.29 is 4.79 Å². The van der Waals surface area contributed by atoms with Crippen LogP contribution < -0.4 is 11.5 Å². The fourth-order valence-electron chi connectivity index (χ4n) is 1.16. The van der Waals surface area contributed by atoms with Crippen LogP contribution in [0.1, 0.15) is 12.8 Å². The fourth-order valence-corrected chi connectivity index (χ4v) is 1.16. The first-order chi connectivity index (χ1) is 4.72. The molecule has 0 fully saturated rings. The standard InChI is InChI=1S/C7H12N2O/c8-6(7(9)10)5-3-1-2-4-5/h1-2,5-6H,3-4,8H2,(H2,9,10). The van der Waals surface area contributed by atoms with E-state index in [1.807, 2.05) is 12.2 Å². The van der Waals surface area contributed by atoms with E-state index in [9.17, 15) is 4.79 Å². The maximum atomic E-state index is 10.6. The van der Waals surface area contributed by atoms with Crippen LogP contribution in [-0.4, -0.2) is 11.9 Å². The van der Waals surface area contributed by atoms with Crippen LogP contribution in [0.3, 0.4) is 0 Å². The molecular formula is C7H12N2O. The molecule has 10 heavy (non-hydrogen) atoms. The molecule has 1 aliphatic carbocycles. The number of hydrogen-bond acceptors (Lipinski definition) is 2. The van der Waals surface area contributed by atoms with Gasteiger partial charge < -0.3 is 11.5 Å². The molecule has 1 atom stereocenters. The SMILES string of the molecule is NC(=O)C(N)C1CC=CC1. The second kappa shape index (κ2) is 2.84. The van der Waals surface area contributed by atoms with Crippen LogP contribution in [0.25, 0.3) is 0 Å². The molecule has 0 spiro atoms. The van der Waals surface area contributed by atoms with E-state index < -0.39 is 11.9 Å². The number of carbonyl (C=O) groups is 1. The van der Waals surface area contributed by atoms with E-state index >= 15 is 0 Å². The molecule has 0 saturated heterocycles. The summed E-state index contributed by atoms with van der Waals surface area (Å²) in [5.41, 5.74) is 10.5. The van der Waals surface area contributed by atoms with Crippen molar-refractivity contribution >= 4 is 5.91 Å². The summed E-state index contributed by atoms with van der Waals surface area (Å²) in [6, 6.07) is -0.463. The van der Waals surface area contributed by atoms with Crippen LogP contribution in [0.5, 0.6) is 0 Å². The Bertz CT molecular complexity index is 157. The van der Waals surface area contributed by atoms with E-state index in [-0.39, 0.29) is 5.92 Å². The zero-order chi connectivity index (χ0) is 7.56. The number of allylic oxidation sites excluding steroid dienone is 2. The average Bonchev–Trinajstić information content (AvgIpc) is 2.36. The minimum absolute atomic E-state index is 0.248. The Hall–Kier alpha value is -0.830. The highest BCUT2D eigenvalue weighted by Crippen LogP contribution is 2.19. The summed E-state index contributed by atoms with van der Waals surface area (Å²) >= 11 is 0. The van der Waals surface area contributed by atoms with Gasteiger partial charge in [0.25, 0.3) is 0 Å². The van der Waals surface area contributed by atoms with Crippen LogP contribution in [-0.2, 0) is 4.79 Å². The van der Waals surface area contributed by atoms with Gasteiger partial charge in [-0.2, -0.15) is 0 Å². The molecule has 0 bridgehead atoms. The molecule has 4 N–H and O–H groups in total. The molecule has 1 rings (SSSR count). The second-order valence-corrected chi connectivity index (χ2v) is 2.63. The predicted octanol–water partition coefficient (Wildman–Crippen LogP) is -0.235. The first-order valence-electron chi connectivity index (χ1n) is 3.41. The predicted molar refractivity (Wildman–Crippen MR) is 39.0 cm³/mol. The zero-order valence-corrected chi connectivity index (χ0v) is 5.79. The van der Waals surface area contributed by atoms with Crippen molar-refractivity contribution in [2.75, 3.05) is 0 Å². The summed E-state index contributed by atoms with van der Waals surface area (Å²) in [5, 5.41) is 0. The van der Waals surface area contributed by atoms with Gasteiger partial charge in [-0.05, 0) is 18.8 Å². The third-order valence-corrected chi connectivity index (χ3v) is 1.88. The Balaban J connectivity index is 2.42. The molecule has 1 aliphatic rings. The number of carbonyl (C=O) groups excluding carboxylic acids is 1. The van der Waals surface area contributed by atoms with Gasteiger partial charge in [-0.15, -0.1) is 0 Å². The van der Waals surface area contributed by atoms with Crippen molar-refractivity contribution in [3.05, 3.63) is 12.2 Å². The van der Waals surface area contributed by atoms with Gasteiger partial charge in [-0.1, -0.05) is 12.2 Å². The lowest BCUT2D eigenvalue weighted by Gasteiger charge is -2.13. The van der Waals surface area contributed by atoms with Gasteiger partial charge in [0.1, 0.15) is 0 Å². The molecule has 0 radical (unpaired) electrons. The van der Waals surface area contributed by atoms with Gasteiger partial charge >= 0.3 is 0 Å². The van der Waals surface area contributed by atoms with Crippen LogP contribution in [0, 0.1) is 5.92 Å². The Labute approximate surface area is 60.1 Å². The number of nitrogens with two attached hydrogens (primary N) is 2. The van der Waals surface area contributed by atoms with Crippen molar-refractivity contribution in [1.29, 1.82) is 0 Å². The monoisotopic (exact) mass is 140 g/mol. The molecular weight excluding hydrogens is 128 g/mol. The van der Waals surface area contributed by atoms with Crippen molar-refractivity contribution in [2.45, 2.75) is 18.9 Å². The number of hydrogen-bond donors (Lipinski definition) is 2. The topological polar surface area (TPSA) is 69.1 Å². The van der Waals surface area contributed by atoms with Crippen molar-refractivity contribution in [2.24, 2.45) is 17.4 Å². The summed E-state index contributed by atoms with van der Waals surface area (Å²) in [4.78, 5) is 10.6. The molecule has 3 heteroatoms. The smallest absolute Gasteiger partial charge is 0.234 e. The minimum Gasteiger partial charge on any atom is -0.368 e. The quantitative estimate of drug-likeness (QED) is 0.520. The number of primary amides is 1. The lowest BCUT2D eigenvalue weighted by Crippen LogP contribution is -2.41. The summed E-state index contributed by atoms with van der Waals surface area (Å²) in [6.07, 6.45) is 5.86. The summed E-state index contributed by atoms with van der Waals surface area (Å²) in [6.45, 7) is 0. The summed E-state index contributed by atoms with van der Waals surface area (Å²) in [7, 11) is 0. The number of amides is 1. The molecule has 0 aromatic heterocycles. The highest BCUT2D eigenvalue weighted by Gasteiger charge is 2.22. The lowest BCUT2D eigenvalue weighted by molar-refractivity contribution is -0.120. The molecule has 0 aliphatic heterocycles. The largest absolute Gasteiger partial charge is 0.368 e. The lowest BCUT2D eigenvalue weighted by atomic mass is 9.98. The maximum absolute atomic E-state index is 10.6. The molecule has 0 aromatic carbocycles. The van der Waals surface area contributed by atoms with E-state index in [0.717, 1.165) is 12.8 Å². The Kier molecular flexibility index (Phi) is 2.06. The van der Waals surface area contributed by atoms with Gasteiger partial charge in [0, 0.05) is 0 Å². The third-order valence-electron chi connectivity index (χ3n) is 1.88. The normalized spacial score (nSPS) is 21.3. The first-order valence-corrected chi connectivity index (χ1v) is 3.41. The molecule has 56 valence electrons. The minimum atomic E-state index is -0.463. The Morgan fingerprint density at radius 2 is 2.00 bits per heavy atom. The fraction of sp³-hybridized carbons (Fsp3) is 0.571. The Morgan fingerprint density at radius 1 is 1.50 bits per heavy atom. The van der Waals surface area contributed by atoms with Crippen molar-refractivity contribution in [3.8, 4) is 0 Å². The van der Waals surface area contributed by atoms with E-state index in [4.69, 9.17) is 11.5 Å². The molecule has 1 amide bonds. The number of rotatable bonds is 2. The first kappa shape index (κ1) is 7.28. The molecule has 0 aromatic rings. The van der Waals surface area contributed by atoms with Crippen LogP contribution in [0.2, 0.25) is 0 Å². The van der Waals surface area contributed by atoms with E-state index in [0.29, 0.717) is 0 Å². The third kappa shape index (κ3) is 1.36. The van der Waals surface area contributed by atoms with Crippen molar-refractivity contribution in [1.82, 2.24) is 0 Å². The Morgan fingerprint density at radius 3 is 2.40 bits per heavy atom. The van der Waals surface area contributed by atoms with Crippen LogP contribution in [0.4, 0.5) is 0 Å². The summed E-state index contributed by atoms with van der Waals surface area (Å²) in [5.74, 6) is -0.147. The van der Waals surface area contributed by atoms with Gasteiger partial charge in [0.2, 0.25) is 5.91 Å². The van der Waals surface area contributed by atoms with Crippen LogP contribution >= 0.6 is 0 Å². The average molecular weight is 140 g/mol. The van der Waals surface area contributed by atoms with Crippen molar-refractivity contribution in [3.63, 3.8) is 0 Å². The van der Waals surface area contributed by atoms with Crippen LogP contribution in [0.15, 0.2) is 12.2 Å². The van der Waals surface area contributed by atoms with E-state index in [1.165, 1.54) is 0 Å². The maximum Gasteiger partial charge on any atom is 0.234 e. The molecule has 1 unspecified atom stereocenters. The molecule has 0 heterocycles. The molecule has 3 nitrogen and oxygen atoms in total. The highest BCUT2D eigenvalue weighted by atomic mass is 16.1. The molecule has 0 saturated carbocycles. The van der Waals surface area contributed by atoms with Gasteiger partial charge in [-0.25, -0.2) is 0 Å². The van der Waals surface area contributed by atoms with Gasteiger partial charge in [0.05, 0.1) is 6.04 Å². The van der Waals surface area contributed by atoms with Gasteiger partial charge in [0.15, 0.2) is 0 Å². The second-order valence-electron chi connectivity index (χ2n) is 2.63. The van der Waals surface area contributed by atoms with E-state index in [2.05, 4.69) is 0 Å². The highest BCUT2D eigenvalue weighted by molar-refractivity contribution is 5.80. The van der Waals surface area contributed by atoms with E-state index in [1.54, 1.807) is 0 Å². The summed E-state index contributed by atoms with van der Waals surface area (Å²) < 4.78 is 0.